The Morgan fingerprint density at radius 3 is 2.33 bits per heavy atom. The Bertz CT molecular complexity index is 832. The van der Waals surface area contributed by atoms with Crippen LogP contribution in [0.3, 0.4) is 0 Å². The summed E-state index contributed by atoms with van der Waals surface area (Å²) >= 11 is 0. The quantitative estimate of drug-likeness (QED) is 0.453. The minimum Gasteiger partial charge on any atom is -0.370 e. The van der Waals surface area contributed by atoms with Crippen molar-refractivity contribution in [1.29, 1.82) is 0 Å². The average Bonchev–Trinajstić information content (AvgIpc) is 2.66. The fraction of sp³-hybridized carbons (Fsp3) is 0.350. The van der Waals surface area contributed by atoms with E-state index in [2.05, 4.69) is 27.2 Å². The van der Waals surface area contributed by atoms with E-state index in [1.165, 1.54) is 5.56 Å². The topological polar surface area (TPSA) is 96.6 Å². The molecule has 4 N–H and O–H groups in total. The van der Waals surface area contributed by atoms with Gasteiger partial charge in [0.1, 0.15) is 0 Å². The SMILES string of the molecule is CC(C)CNS(=O)(=O)c1ccc(CN=C(N)NCCc2ccccc2)cc1. The van der Waals surface area contributed by atoms with Crippen LogP contribution in [-0.2, 0) is 23.0 Å². The van der Waals surface area contributed by atoms with Crippen LogP contribution in [0.15, 0.2) is 64.5 Å². The predicted molar refractivity (Wildman–Crippen MR) is 110 cm³/mol. The summed E-state index contributed by atoms with van der Waals surface area (Å²) in [5.41, 5.74) is 8.02. The summed E-state index contributed by atoms with van der Waals surface area (Å²) in [7, 11) is -3.46. The summed E-state index contributed by atoms with van der Waals surface area (Å²) in [5, 5.41) is 3.09. The van der Waals surface area contributed by atoms with Crippen LogP contribution in [0.2, 0.25) is 0 Å². The van der Waals surface area contributed by atoms with Gasteiger partial charge in [-0.3, -0.25) is 0 Å². The molecule has 0 unspecified atom stereocenters. The number of nitrogens with one attached hydrogen (secondary N) is 2. The molecule has 0 heterocycles. The van der Waals surface area contributed by atoms with Gasteiger partial charge < -0.3 is 11.1 Å². The predicted octanol–water partition coefficient (Wildman–Crippen LogP) is 2.27. The number of hydrogen-bond acceptors (Lipinski definition) is 3. The van der Waals surface area contributed by atoms with Gasteiger partial charge in [0.2, 0.25) is 10.0 Å². The Hall–Kier alpha value is -2.38. The van der Waals surface area contributed by atoms with Crippen molar-refractivity contribution in [2.45, 2.75) is 31.7 Å². The molecule has 0 radical (unpaired) electrons. The van der Waals surface area contributed by atoms with Crippen LogP contribution in [-0.4, -0.2) is 27.5 Å². The Labute approximate surface area is 162 Å². The van der Waals surface area contributed by atoms with Gasteiger partial charge in [-0.25, -0.2) is 18.1 Å². The molecule has 2 aromatic rings. The van der Waals surface area contributed by atoms with Gasteiger partial charge in [0.05, 0.1) is 11.4 Å². The maximum absolute atomic E-state index is 12.2. The number of aliphatic imine (C=N–C) groups is 1. The largest absolute Gasteiger partial charge is 0.370 e. The first kappa shape index (κ1) is 20.9. The van der Waals surface area contributed by atoms with E-state index in [1.54, 1.807) is 24.3 Å². The lowest BCUT2D eigenvalue weighted by Gasteiger charge is -2.09. The molecule has 146 valence electrons. The first-order valence-electron chi connectivity index (χ1n) is 9.03. The zero-order valence-corrected chi connectivity index (χ0v) is 16.7. The van der Waals surface area contributed by atoms with Gasteiger partial charge >= 0.3 is 0 Å². The highest BCUT2D eigenvalue weighted by Crippen LogP contribution is 2.11. The molecule has 0 aliphatic heterocycles. The fourth-order valence-electron chi connectivity index (χ4n) is 2.35. The summed E-state index contributed by atoms with van der Waals surface area (Å²) in [6.45, 7) is 5.44. The Balaban J connectivity index is 1.83. The van der Waals surface area contributed by atoms with Crippen molar-refractivity contribution >= 4 is 16.0 Å². The highest BCUT2D eigenvalue weighted by molar-refractivity contribution is 7.89. The molecule has 0 aliphatic carbocycles. The van der Waals surface area contributed by atoms with Crippen LogP contribution < -0.4 is 15.8 Å². The summed E-state index contributed by atoms with van der Waals surface area (Å²) < 4.78 is 27.0. The lowest BCUT2D eigenvalue weighted by atomic mass is 10.1. The lowest BCUT2D eigenvalue weighted by Crippen LogP contribution is -2.33. The molecule has 7 heteroatoms. The molecule has 0 bridgehead atoms. The van der Waals surface area contributed by atoms with Gasteiger partial charge in [0, 0.05) is 13.1 Å². The van der Waals surface area contributed by atoms with Crippen LogP contribution in [0.5, 0.6) is 0 Å². The zero-order chi connectivity index (χ0) is 19.7. The number of sulfonamides is 1. The number of nitrogens with two attached hydrogens (primary N) is 1. The van der Waals surface area contributed by atoms with E-state index in [0.29, 0.717) is 25.6 Å². The minimum atomic E-state index is -3.46. The molecular formula is C20H28N4O2S. The van der Waals surface area contributed by atoms with Gasteiger partial charge in [-0.2, -0.15) is 0 Å². The van der Waals surface area contributed by atoms with Crippen LogP contribution in [0.4, 0.5) is 0 Å². The van der Waals surface area contributed by atoms with Crippen molar-refractivity contribution in [3.8, 4) is 0 Å². The molecule has 2 aromatic carbocycles. The second-order valence-electron chi connectivity index (χ2n) is 6.75. The van der Waals surface area contributed by atoms with E-state index in [0.717, 1.165) is 12.0 Å². The van der Waals surface area contributed by atoms with Crippen molar-refractivity contribution in [2.24, 2.45) is 16.6 Å². The number of hydrogen-bond donors (Lipinski definition) is 3. The van der Waals surface area contributed by atoms with Gasteiger partial charge in [0.15, 0.2) is 5.96 Å². The number of guanidine groups is 1. The van der Waals surface area contributed by atoms with Crippen molar-refractivity contribution in [3.63, 3.8) is 0 Å². The minimum absolute atomic E-state index is 0.254. The number of benzene rings is 2. The summed E-state index contributed by atoms with van der Waals surface area (Å²) in [6.07, 6.45) is 0.868. The second kappa shape index (κ2) is 10.1. The van der Waals surface area contributed by atoms with E-state index in [1.807, 2.05) is 32.0 Å². The van der Waals surface area contributed by atoms with E-state index in [-0.39, 0.29) is 10.8 Å². The van der Waals surface area contributed by atoms with E-state index < -0.39 is 10.0 Å². The molecule has 0 saturated heterocycles. The van der Waals surface area contributed by atoms with Crippen LogP contribution in [0.1, 0.15) is 25.0 Å². The number of nitrogens with zero attached hydrogens (tertiary/aromatic N) is 1. The highest BCUT2D eigenvalue weighted by Gasteiger charge is 2.13. The molecule has 0 saturated carbocycles. The van der Waals surface area contributed by atoms with E-state index >= 15 is 0 Å². The second-order valence-corrected chi connectivity index (χ2v) is 8.52. The van der Waals surface area contributed by atoms with Gasteiger partial charge in [-0.15, -0.1) is 0 Å². The Morgan fingerprint density at radius 1 is 1.04 bits per heavy atom. The first-order valence-corrected chi connectivity index (χ1v) is 10.5. The third kappa shape index (κ3) is 7.40. The van der Waals surface area contributed by atoms with Crippen molar-refractivity contribution in [2.75, 3.05) is 13.1 Å². The third-order valence-electron chi connectivity index (χ3n) is 3.91. The maximum atomic E-state index is 12.2. The van der Waals surface area contributed by atoms with Crippen LogP contribution >= 0.6 is 0 Å². The summed E-state index contributed by atoms with van der Waals surface area (Å²) in [6, 6.07) is 16.8. The molecule has 6 nitrogen and oxygen atoms in total. The normalized spacial score (nSPS) is 12.3. The van der Waals surface area contributed by atoms with Gasteiger partial charge in [-0.05, 0) is 35.6 Å². The Kier molecular flexibility index (Phi) is 7.82. The highest BCUT2D eigenvalue weighted by atomic mass is 32.2. The molecule has 27 heavy (non-hydrogen) atoms. The first-order chi connectivity index (χ1) is 12.9. The smallest absolute Gasteiger partial charge is 0.240 e. The van der Waals surface area contributed by atoms with Crippen LogP contribution in [0.25, 0.3) is 0 Å². The Morgan fingerprint density at radius 2 is 1.70 bits per heavy atom. The molecule has 0 fully saturated rings. The monoisotopic (exact) mass is 388 g/mol. The molecule has 0 aliphatic rings. The summed E-state index contributed by atoms with van der Waals surface area (Å²) in [5.74, 6) is 0.631. The van der Waals surface area contributed by atoms with Crippen molar-refractivity contribution in [1.82, 2.24) is 10.0 Å². The standard InChI is InChI=1S/C20H28N4O2S/c1-16(2)14-24-27(25,26)19-10-8-18(9-11-19)15-23-20(21)22-13-12-17-6-4-3-5-7-17/h3-11,16,24H,12-15H2,1-2H3,(H3,21,22,23). The van der Waals surface area contributed by atoms with Crippen molar-refractivity contribution in [3.05, 3.63) is 65.7 Å². The average molecular weight is 389 g/mol. The molecule has 0 spiro atoms. The van der Waals surface area contributed by atoms with Crippen LogP contribution in [0, 0.1) is 5.92 Å². The van der Waals surface area contributed by atoms with E-state index in [4.69, 9.17) is 5.73 Å². The molecule has 0 atom stereocenters. The molecule has 0 aromatic heterocycles. The van der Waals surface area contributed by atoms with E-state index in [9.17, 15) is 8.42 Å². The third-order valence-corrected chi connectivity index (χ3v) is 5.35. The van der Waals surface area contributed by atoms with Crippen molar-refractivity contribution < 1.29 is 8.42 Å². The fourth-order valence-corrected chi connectivity index (χ4v) is 3.56. The zero-order valence-electron chi connectivity index (χ0n) is 15.9. The molecule has 2 rings (SSSR count). The number of rotatable bonds is 9. The van der Waals surface area contributed by atoms with Gasteiger partial charge in [-0.1, -0.05) is 56.3 Å². The molecule has 0 amide bonds. The maximum Gasteiger partial charge on any atom is 0.240 e. The van der Waals surface area contributed by atoms with Gasteiger partial charge in [0.25, 0.3) is 0 Å². The summed E-state index contributed by atoms with van der Waals surface area (Å²) in [4.78, 5) is 4.55. The molecular weight excluding hydrogens is 360 g/mol. The lowest BCUT2D eigenvalue weighted by molar-refractivity contribution is 0.560.